The highest BCUT2D eigenvalue weighted by molar-refractivity contribution is 5.48. The summed E-state index contributed by atoms with van der Waals surface area (Å²) in [5.74, 6) is 1.51. The van der Waals surface area contributed by atoms with Gasteiger partial charge in [-0.2, -0.15) is 0 Å². The van der Waals surface area contributed by atoms with Crippen molar-refractivity contribution in [1.29, 1.82) is 0 Å². The molecule has 2 aromatic rings. The maximum Gasteiger partial charge on any atom is 0.160 e. The zero-order valence-corrected chi connectivity index (χ0v) is 12.1. The second-order valence-electron chi connectivity index (χ2n) is 5.32. The van der Waals surface area contributed by atoms with Gasteiger partial charge in [-0.1, -0.05) is 6.07 Å². The average molecular weight is 286 g/mol. The summed E-state index contributed by atoms with van der Waals surface area (Å²) in [6, 6.07) is 8.92. The molecule has 1 atom stereocenters. The quantitative estimate of drug-likeness (QED) is 0.887. The second kappa shape index (κ2) is 5.20. The first-order valence-electron chi connectivity index (χ1n) is 6.94. The highest BCUT2D eigenvalue weighted by atomic mass is 16.5. The Kier molecular flexibility index (Phi) is 3.37. The van der Waals surface area contributed by atoms with Gasteiger partial charge in [0, 0.05) is 6.07 Å². The molecule has 1 unspecified atom stereocenters. The van der Waals surface area contributed by atoms with Crippen molar-refractivity contribution in [1.82, 2.24) is 0 Å². The van der Waals surface area contributed by atoms with Gasteiger partial charge in [-0.15, -0.1) is 0 Å². The van der Waals surface area contributed by atoms with Crippen molar-refractivity contribution in [2.45, 2.75) is 25.9 Å². The fraction of sp³-hybridized carbons (Fsp3) is 0.294. The van der Waals surface area contributed by atoms with E-state index in [0.29, 0.717) is 11.5 Å². The van der Waals surface area contributed by atoms with Crippen LogP contribution in [0, 0.1) is 6.92 Å². The van der Waals surface area contributed by atoms with Gasteiger partial charge in [0.1, 0.15) is 17.6 Å². The molecule has 4 nitrogen and oxygen atoms in total. The fourth-order valence-electron chi connectivity index (χ4n) is 2.68. The Morgan fingerprint density at radius 1 is 1.14 bits per heavy atom. The van der Waals surface area contributed by atoms with E-state index in [1.54, 1.807) is 18.2 Å². The van der Waals surface area contributed by atoms with E-state index in [1.165, 1.54) is 7.11 Å². The molecule has 2 aromatic carbocycles. The van der Waals surface area contributed by atoms with Crippen molar-refractivity contribution in [3.63, 3.8) is 0 Å². The molecule has 0 aromatic heterocycles. The summed E-state index contributed by atoms with van der Waals surface area (Å²) in [5.41, 5.74) is 2.87. The monoisotopic (exact) mass is 286 g/mol. The number of ether oxygens (including phenoxy) is 2. The predicted molar refractivity (Wildman–Crippen MR) is 79.2 cm³/mol. The number of benzene rings is 2. The number of aromatic hydroxyl groups is 2. The van der Waals surface area contributed by atoms with Crippen LogP contribution in [0.5, 0.6) is 23.0 Å². The molecule has 0 bridgehead atoms. The summed E-state index contributed by atoms with van der Waals surface area (Å²) in [6.45, 7) is 1.88. The minimum atomic E-state index is -0.128. The maximum absolute atomic E-state index is 9.88. The largest absolute Gasteiger partial charge is 0.508 e. The van der Waals surface area contributed by atoms with Gasteiger partial charge in [0.2, 0.25) is 0 Å². The van der Waals surface area contributed by atoms with Gasteiger partial charge in [0.05, 0.1) is 7.11 Å². The van der Waals surface area contributed by atoms with E-state index < -0.39 is 0 Å². The highest BCUT2D eigenvalue weighted by Gasteiger charge is 2.23. The number of rotatable bonds is 2. The molecule has 1 aliphatic rings. The number of hydrogen-bond acceptors (Lipinski definition) is 4. The molecular weight excluding hydrogens is 268 g/mol. The molecule has 4 heteroatoms. The van der Waals surface area contributed by atoms with Gasteiger partial charge >= 0.3 is 0 Å². The molecular formula is C17H18O4. The fourth-order valence-corrected chi connectivity index (χ4v) is 2.68. The van der Waals surface area contributed by atoms with Crippen molar-refractivity contribution in [3.8, 4) is 23.0 Å². The van der Waals surface area contributed by atoms with E-state index in [2.05, 4.69) is 0 Å². The van der Waals surface area contributed by atoms with Crippen molar-refractivity contribution < 1.29 is 19.7 Å². The maximum atomic E-state index is 9.88. The molecule has 0 fully saturated rings. The van der Waals surface area contributed by atoms with Gasteiger partial charge < -0.3 is 19.7 Å². The number of aryl methyl sites for hydroxylation is 2. The number of methoxy groups -OCH3 is 1. The minimum absolute atomic E-state index is 0.108. The second-order valence-corrected chi connectivity index (χ2v) is 5.32. The van der Waals surface area contributed by atoms with E-state index in [0.717, 1.165) is 29.5 Å². The summed E-state index contributed by atoms with van der Waals surface area (Å²) < 4.78 is 11.0. The van der Waals surface area contributed by atoms with Crippen molar-refractivity contribution in [3.05, 3.63) is 47.0 Å². The molecule has 0 saturated carbocycles. The molecule has 21 heavy (non-hydrogen) atoms. The van der Waals surface area contributed by atoms with Crippen LogP contribution in [0.15, 0.2) is 30.3 Å². The molecule has 0 saturated heterocycles. The Morgan fingerprint density at radius 2 is 1.95 bits per heavy atom. The number of phenolic OH excluding ortho intramolecular Hbond substituents is 2. The van der Waals surface area contributed by atoms with Crippen molar-refractivity contribution in [2.75, 3.05) is 7.11 Å². The number of phenols is 2. The van der Waals surface area contributed by atoms with Crippen LogP contribution < -0.4 is 9.47 Å². The standard InChI is InChI=1S/C17H18O4/c1-10-7-11-3-5-15(21-17(11)9-13(10)18)12-4-6-16(20-2)14(19)8-12/h4,6-9,15,18-19H,3,5H2,1-2H3. The number of hydrogen-bond donors (Lipinski definition) is 2. The Hall–Kier alpha value is -2.36. The lowest BCUT2D eigenvalue weighted by atomic mass is 9.96. The third kappa shape index (κ3) is 2.49. The lowest BCUT2D eigenvalue weighted by Gasteiger charge is -2.27. The molecule has 1 heterocycles. The van der Waals surface area contributed by atoms with Gasteiger partial charge in [-0.3, -0.25) is 0 Å². The average Bonchev–Trinajstić information content (AvgIpc) is 2.48. The molecule has 0 amide bonds. The van der Waals surface area contributed by atoms with E-state index >= 15 is 0 Å². The lowest BCUT2D eigenvalue weighted by molar-refractivity contribution is 0.175. The third-order valence-corrected chi connectivity index (χ3v) is 3.90. The van der Waals surface area contributed by atoms with Crippen molar-refractivity contribution in [2.24, 2.45) is 0 Å². The van der Waals surface area contributed by atoms with Crippen LogP contribution in [0.25, 0.3) is 0 Å². The SMILES string of the molecule is COc1ccc(C2CCc3cc(C)c(O)cc3O2)cc1O. The predicted octanol–water partition coefficient (Wildman–Crippen LogP) is 3.48. The normalized spacial score (nSPS) is 17.0. The Labute approximate surface area is 123 Å². The Bertz CT molecular complexity index is 679. The third-order valence-electron chi connectivity index (χ3n) is 3.90. The topological polar surface area (TPSA) is 58.9 Å². The van der Waals surface area contributed by atoms with E-state index in [4.69, 9.17) is 9.47 Å². The van der Waals surface area contributed by atoms with E-state index in [-0.39, 0.29) is 17.6 Å². The van der Waals surface area contributed by atoms with Crippen molar-refractivity contribution >= 4 is 0 Å². The van der Waals surface area contributed by atoms with Crippen LogP contribution >= 0.6 is 0 Å². The molecule has 0 aliphatic carbocycles. The van der Waals surface area contributed by atoms with Gasteiger partial charge in [-0.25, -0.2) is 0 Å². The molecule has 1 aliphatic heterocycles. The minimum Gasteiger partial charge on any atom is -0.508 e. The lowest BCUT2D eigenvalue weighted by Crippen LogP contribution is -2.15. The van der Waals surface area contributed by atoms with Crippen LogP contribution in [0.4, 0.5) is 0 Å². The smallest absolute Gasteiger partial charge is 0.160 e. The van der Waals surface area contributed by atoms with E-state index in [1.807, 2.05) is 19.1 Å². The summed E-state index contributed by atoms with van der Waals surface area (Å²) >= 11 is 0. The van der Waals surface area contributed by atoms with Gasteiger partial charge in [-0.05, 0) is 54.7 Å². The first-order valence-corrected chi connectivity index (χ1v) is 6.94. The van der Waals surface area contributed by atoms with Crippen LogP contribution in [0.2, 0.25) is 0 Å². The molecule has 3 rings (SSSR count). The molecule has 2 N–H and O–H groups in total. The molecule has 0 radical (unpaired) electrons. The van der Waals surface area contributed by atoms with Crippen LogP contribution in [0.3, 0.4) is 0 Å². The first-order chi connectivity index (χ1) is 10.1. The summed E-state index contributed by atoms with van der Waals surface area (Å²) in [6.07, 6.45) is 1.59. The van der Waals surface area contributed by atoms with Gasteiger partial charge in [0.25, 0.3) is 0 Å². The van der Waals surface area contributed by atoms with Gasteiger partial charge in [0.15, 0.2) is 11.5 Å². The Balaban J connectivity index is 1.89. The molecule has 110 valence electrons. The first kappa shape index (κ1) is 13.6. The highest BCUT2D eigenvalue weighted by Crippen LogP contribution is 2.39. The van der Waals surface area contributed by atoms with Crippen LogP contribution in [0.1, 0.15) is 29.2 Å². The summed E-state index contributed by atoms with van der Waals surface area (Å²) in [5, 5.41) is 19.7. The number of fused-ring (bicyclic) bond motifs is 1. The molecule has 0 spiro atoms. The Morgan fingerprint density at radius 3 is 2.67 bits per heavy atom. The van der Waals surface area contributed by atoms with Crippen LogP contribution in [-0.2, 0) is 6.42 Å². The zero-order chi connectivity index (χ0) is 15.0. The zero-order valence-electron chi connectivity index (χ0n) is 12.1. The van der Waals surface area contributed by atoms with Crippen LogP contribution in [-0.4, -0.2) is 17.3 Å². The van der Waals surface area contributed by atoms with E-state index in [9.17, 15) is 10.2 Å². The summed E-state index contributed by atoms with van der Waals surface area (Å²) in [4.78, 5) is 0. The summed E-state index contributed by atoms with van der Waals surface area (Å²) in [7, 11) is 1.52.